The molecule has 0 aromatic heterocycles. The fraction of sp³-hybridized carbons (Fsp3) is 0.650. The molecule has 1 spiro atoms. The predicted octanol–water partition coefficient (Wildman–Crippen LogP) is 3.57. The highest BCUT2D eigenvalue weighted by Crippen LogP contribution is 2.58. The molecule has 0 bridgehead atoms. The maximum Gasteiger partial charge on any atom is 0.223 e. The Bertz CT molecular complexity index is 607. The van der Waals surface area contributed by atoms with E-state index in [4.69, 9.17) is 0 Å². The van der Waals surface area contributed by atoms with Crippen LogP contribution in [0.4, 0.5) is 4.39 Å². The lowest BCUT2D eigenvalue weighted by atomic mass is 9.78. The van der Waals surface area contributed by atoms with Gasteiger partial charge in [-0.25, -0.2) is 4.39 Å². The van der Waals surface area contributed by atoms with Gasteiger partial charge in [-0.05, 0) is 68.3 Å². The van der Waals surface area contributed by atoms with Crippen LogP contribution in [0.1, 0.15) is 50.5 Å². The van der Waals surface area contributed by atoms with Gasteiger partial charge in [0.15, 0.2) is 0 Å². The molecule has 1 amide bonds. The van der Waals surface area contributed by atoms with Crippen LogP contribution in [-0.4, -0.2) is 25.5 Å². The molecule has 1 unspecified atom stereocenters. The van der Waals surface area contributed by atoms with Crippen LogP contribution in [0.2, 0.25) is 0 Å². The highest BCUT2D eigenvalue weighted by molar-refractivity contribution is 5.85. The molecule has 3 fully saturated rings. The number of carbonyl (C=O) groups excluding carboxylic acids is 1. The van der Waals surface area contributed by atoms with Gasteiger partial charge in [0.2, 0.25) is 5.91 Å². The average Bonchev–Trinajstić information content (AvgIpc) is 3.07. The van der Waals surface area contributed by atoms with Gasteiger partial charge in [-0.15, -0.1) is 12.4 Å². The molecule has 4 rings (SSSR count). The van der Waals surface area contributed by atoms with Crippen molar-refractivity contribution in [1.82, 2.24) is 10.6 Å². The molecular weight excluding hydrogens is 339 g/mol. The normalized spacial score (nSPS) is 26.0. The van der Waals surface area contributed by atoms with Crippen LogP contribution >= 0.6 is 12.4 Å². The summed E-state index contributed by atoms with van der Waals surface area (Å²) >= 11 is 0. The second kappa shape index (κ2) is 7.24. The van der Waals surface area contributed by atoms with Crippen molar-refractivity contribution in [3.05, 3.63) is 35.6 Å². The van der Waals surface area contributed by atoms with E-state index in [1.807, 2.05) is 12.1 Å². The van der Waals surface area contributed by atoms with E-state index in [-0.39, 0.29) is 40.9 Å². The lowest BCUT2D eigenvalue weighted by Crippen LogP contribution is -2.41. The first kappa shape index (κ1) is 18.7. The lowest BCUT2D eigenvalue weighted by Gasteiger charge is -2.30. The zero-order valence-corrected chi connectivity index (χ0v) is 15.5. The molecule has 1 heterocycles. The molecule has 1 atom stereocenters. The summed E-state index contributed by atoms with van der Waals surface area (Å²) < 4.78 is 13.3. The van der Waals surface area contributed by atoms with Gasteiger partial charge in [0.05, 0.1) is 0 Å². The summed E-state index contributed by atoms with van der Waals surface area (Å²) in [4.78, 5) is 12.7. The van der Waals surface area contributed by atoms with E-state index in [1.165, 1.54) is 18.4 Å². The first-order valence-corrected chi connectivity index (χ1v) is 9.38. The smallest absolute Gasteiger partial charge is 0.223 e. The van der Waals surface area contributed by atoms with Crippen LogP contribution in [0.5, 0.6) is 0 Å². The van der Waals surface area contributed by atoms with E-state index in [1.54, 1.807) is 12.1 Å². The van der Waals surface area contributed by atoms with E-state index >= 15 is 0 Å². The van der Waals surface area contributed by atoms with Crippen molar-refractivity contribution in [2.24, 2.45) is 11.3 Å². The number of hydrogen-bond acceptors (Lipinski definition) is 2. The Morgan fingerprint density at radius 2 is 1.76 bits per heavy atom. The summed E-state index contributed by atoms with van der Waals surface area (Å²) in [5, 5.41) is 6.65. The molecule has 2 saturated carbocycles. The van der Waals surface area contributed by atoms with Crippen molar-refractivity contribution >= 4 is 18.3 Å². The second-order valence-corrected chi connectivity index (χ2v) is 8.08. The fourth-order valence-electron chi connectivity index (χ4n) is 5.00. The third-order valence-corrected chi connectivity index (χ3v) is 6.72. The SMILES string of the molecule is Cl.O=C(NCC1(c2ccc(F)cc2)CCCC1)C1CC12CCNCC2. The molecule has 1 saturated heterocycles. The van der Waals surface area contributed by atoms with Crippen LogP contribution in [0.3, 0.4) is 0 Å². The highest BCUT2D eigenvalue weighted by Gasteiger charge is 2.57. The summed E-state index contributed by atoms with van der Waals surface area (Å²) in [6.45, 7) is 2.79. The van der Waals surface area contributed by atoms with Crippen molar-refractivity contribution in [3.63, 3.8) is 0 Å². The molecule has 3 aliphatic rings. The van der Waals surface area contributed by atoms with E-state index in [2.05, 4.69) is 10.6 Å². The van der Waals surface area contributed by atoms with Gasteiger partial charge in [0, 0.05) is 17.9 Å². The van der Waals surface area contributed by atoms with Gasteiger partial charge < -0.3 is 10.6 Å². The Hall–Kier alpha value is -1.13. The van der Waals surface area contributed by atoms with Crippen LogP contribution in [0.25, 0.3) is 0 Å². The average molecular weight is 367 g/mol. The van der Waals surface area contributed by atoms with Crippen LogP contribution in [-0.2, 0) is 10.2 Å². The van der Waals surface area contributed by atoms with Crippen LogP contribution < -0.4 is 10.6 Å². The Kier molecular flexibility index (Phi) is 5.40. The summed E-state index contributed by atoms with van der Waals surface area (Å²) in [7, 11) is 0. The minimum absolute atomic E-state index is 0. The molecular formula is C20H28ClFN2O. The third-order valence-electron chi connectivity index (χ3n) is 6.72. The van der Waals surface area contributed by atoms with Crippen LogP contribution in [0.15, 0.2) is 24.3 Å². The fourth-order valence-corrected chi connectivity index (χ4v) is 5.00. The number of rotatable bonds is 4. The predicted molar refractivity (Wildman–Crippen MR) is 99.4 cm³/mol. The number of benzene rings is 1. The number of hydrogen-bond donors (Lipinski definition) is 2. The molecule has 0 radical (unpaired) electrons. The molecule has 1 aromatic rings. The van der Waals surface area contributed by atoms with E-state index in [0.717, 1.165) is 45.2 Å². The van der Waals surface area contributed by atoms with Gasteiger partial charge in [-0.1, -0.05) is 25.0 Å². The quantitative estimate of drug-likeness (QED) is 0.855. The summed E-state index contributed by atoms with van der Waals surface area (Å²) in [5.41, 5.74) is 1.46. The number of amides is 1. The highest BCUT2D eigenvalue weighted by atomic mass is 35.5. The molecule has 25 heavy (non-hydrogen) atoms. The molecule has 3 nitrogen and oxygen atoms in total. The summed E-state index contributed by atoms with van der Waals surface area (Å²) in [5.74, 6) is 0.262. The summed E-state index contributed by atoms with van der Waals surface area (Å²) in [6, 6.07) is 6.89. The molecule has 1 aromatic carbocycles. The molecule has 5 heteroatoms. The number of nitrogens with one attached hydrogen (secondary N) is 2. The topological polar surface area (TPSA) is 41.1 Å². The first-order valence-electron chi connectivity index (χ1n) is 9.38. The van der Waals surface area contributed by atoms with E-state index in [9.17, 15) is 9.18 Å². The summed E-state index contributed by atoms with van der Waals surface area (Å²) in [6.07, 6.45) is 7.86. The number of halogens is 2. The largest absolute Gasteiger partial charge is 0.355 e. The van der Waals surface area contributed by atoms with Crippen molar-refractivity contribution in [3.8, 4) is 0 Å². The molecule has 2 N–H and O–H groups in total. The number of piperidine rings is 1. The molecule has 2 aliphatic carbocycles. The van der Waals surface area contributed by atoms with Gasteiger partial charge in [-0.2, -0.15) is 0 Å². The van der Waals surface area contributed by atoms with Gasteiger partial charge >= 0.3 is 0 Å². The maximum atomic E-state index is 13.3. The van der Waals surface area contributed by atoms with Gasteiger partial charge in [0.1, 0.15) is 5.82 Å². The zero-order chi connectivity index (χ0) is 16.6. The third kappa shape index (κ3) is 3.56. The Balaban J connectivity index is 0.00000182. The lowest BCUT2D eigenvalue weighted by molar-refractivity contribution is -0.123. The second-order valence-electron chi connectivity index (χ2n) is 8.08. The van der Waals surface area contributed by atoms with E-state index in [0.29, 0.717) is 6.54 Å². The minimum Gasteiger partial charge on any atom is -0.355 e. The van der Waals surface area contributed by atoms with Gasteiger partial charge in [-0.3, -0.25) is 4.79 Å². The Morgan fingerprint density at radius 3 is 2.40 bits per heavy atom. The number of carbonyl (C=O) groups is 1. The zero-order valence-electron chi connectivity index (χ0n) is 14.7. The van der Waals surface area contributed by atoms with Crippen molar-refractivity contribution < 1.29 is 9.18 Å². The Labute approximate surface area is 155 Å². The van der Waals surface area contributed by atoms with E-state index < -0.39 is 0 Å². The van der Waals surface area contributed by atoms with Crippen LogP contribution in [0, 0.1) is 17.2 Å². The molecule has 1 aliphatic heterocycles. The minimum atomic E-state index is -0.193. The van der Waals surface area contributed by atoms with Crippen molar-refractivity contribution in [1.29, 1.82) is 0 Å². The van der Waals surface area contributed by atoms with Gasteiger partial charge in [0.25, 0.3) is 0 Å². The Morgan fingerprint density at radius 1 is 1.12 bits per heavy atom. The standard InChI is InChI=1S/C20H27FN2O.ClH/c21-16-5-3-15(4-6-16)20(7-1-2-8-20)14-23-18(24)17-13-19(17)9-11-22-12-10-19;/h3-6,17,22H,1-2,7-14H2,(H,23,24);1H. The monoisotopic (exact) mass is 366 g/mol. The maximum absolute atomic E-state index is 13.3. The van der Waals surface area contributed by atoms with Crippen molar-refractivity contribution in [2.45, 2.75) is 50.4 Å². The first-order chi connectivity index (χ1) is 11.6. The molecule has 138 valence electrons. The van der Waals surface area contributed by atoms with Crippen molar-refractivity contribution in [2.75, 3.05) is 19.6 Å².